The molecule has 0 heterocycles. The van der Waals surface area contributed by atoms with E-state index >= 15 is 0 Å². The summed E-state index contributed by atoms with van der Waals surface area (Å²) in [6.07, 6.45) is 6.79. The minimum atomic E-state index is -0.776. The maximum Gasteiger partial charge on any atom is 0.0546 e. The van der Waals surface area contributed by atoms with Crippen LogP contribution in [0.15, 0.2) is 24.3 Å². The van der Waals surface area contributed by atoms with Crippen molar-refractivity contribution in [1.29, 1.82) is 0 Å². The largest absolute Gasteiger partial charge is 0.323 e. The highest BCUT2D eigenvalue weighted by Gasteiger charge is 2.35. The van der Waals surface area contributed by atoms with Crippen molar-refractivity contribution < 1.29 is 4.21 Å². The fourth-order valence-electron chi connectivity index (χ4n) is 3.86. The van der Waals surface area contributed by atoms with Crippen LogP contribution in [0.1, 0.15) is 56.2 Å². The number of benzene rings is 1. The molecule has 2 aliphatic carbocycles. The highest BCUT2D eigenvalue weighted by Crippen LogP contribution is 2.36. The molecule has 0 aromatic heterocycles. The smallest absolute Gasteiger partial charge is 0.0546 e. The first-order valence-corrected chi connectivity index (χ1v) is 9.17. The second kappa shape index (κ2) is 5.98. The van der Waals surface area contributed by atoms with Gasteiger partial charge in [-0.3, -0.25) is 4.21 Å². The van der Waals surface area contributed by atoms with Crippen molar-refractivity contribution >= 4 is 10.8 Å². The van der Waals surface area contributed by atoms with E-state index in [1.165, 1.54) is 24.0 Å². The van der Waals surface area contributed by atoms with E-state index < -0.39 is 10.8 Å². The lowest BCUT2D eigenvalue weighted by Crippen LogP contribution is -2.39. The minimum absolute atomic E-state index is 0.0435. The van der Waals surface area contributed by atoms with Gasteiger partial charge >= 0.3 is 0 Å². The number of nitrogens with two attached hydrogens (primary N) is 1. The molecule has 1 fully saturated rings. The Morgan fingerprint density at radius 1 is 1.20 bits per heavy atom. The molecular weight excluding hydrogens is 266 g/mol. The number of aryl methyl sites for hydroxylation is 1. The Labute approximate surface area is 124 Å². The van der Waals surface area contributed by atoms with Crippen molar-refractivity contribution in [3.05, 3.63) is 35.4 Å². The highest BCUT2D eigenvalue weighted by molar-refractivity contribution is 7.86. The first-order valence-electron chi connectivity index (χ1n) is 7.89. The minimum Gasteiger partial charge on any atom is -0.323 e. The molecule has 0 amide bonds. The third-order valence-corrected chi connectivity index (χ3v) is 7.24. The zero-order valence-electron chi connectivity index (χ0n) is 12.3. The van der Waals surface area contributed by atoms with Crippen LogP contribution in [0.5, 0.6) is 0 Å². The molecule has 3 rings (SSSR count). The van der Waals surface area contributed by atoms with Crippen molar-refractivity contribution in [2.45, 2.75) is 62.0 Å². The van der Waals surface area contributed by atoms with E-state index in [-0.39, 0.29) is 11.3 Å². The van der Waals surface area contributed by atoms with Crippen molar-refractivity contribution in [1.82, 2.24) is 0 Å². The predicted octanol–water partition coefficient (Wildman–Crippen LogP) is 3.33. The van der Waals surface area contributed by atoms with Gasteiger partial charge in [0.25, 0.3) is 0 Å². The molecule has 1 saturated carbocycles. The number of rotatable bonds is 2. The SMILES string of the molecule is CC1CCCC(S(=O)C2CCc3ccccc3C2N)C1. The van der Waals surface area contributed by atoms with Crippen LogP contribution in [0.2, 0.25) is 0 Å². The van der Waals surface area contributed by atoms with Gasteiger partial charge in [0.05, 0.1) is 5.25 Å². The summed E-state index contributed by atoms with van der Waals surface area (Å²) in [5.41, 5.74) is 9.01. The van der Waals surface area contributed by atoms with E-state index in [1.807, 2.05) is 6.07 Å². The van der Waals surface area contributed by atoms with E-state index in [1.54, 1.807) is 0 Å². The Balaban J connectivity index is 1.76. The Kier molecular flexibility index (Phi) is 4.27. The van der Waals surface area contributed by atoms with Gasteiger partial charge in [0.15, 0.2) is 0 Å². The molecule has 5 atom stereocenters. The molecule has 5 unspecified atom stereocenters. The molecule has 0 spiro atoms. The van der Waals surface area contributed by atoms with Gasteiger partial charge in [0, 0.05) is 22.1 Å². The van der Waals surface area contributed by atoms with Crippen LogP contribution in [0.25, 0.3) is 0 Å². The van der Waals surface area contributed by atoms with Crippen LogP contribution in [-0.2, 0) is 17.2 Å². The topological polar surface area (TPSA) is 43.1 Å². The Morgan fingerprint density at radius 3 is 2.80 bits per heavy atom. The monoisotopic (exact) mass is 291 g/mol. The molecule has 0 bridgehead atoms. The van der Waals surface area contributed by atoms with Crippen molar-refractivity contribution in [3.63, 3.8) is 0 Å². The van der Waals surface area contributed by atoms with Gasteiger partial charge in [0.1, 0.15) is 0 Å². The molecule has 1 aromatic carbocycles. The van der Waals surface area contributed by atoms with Gasteiger partial charge in [0.2, 0.25) is 0 Å². The third-order valence-electron chi connectivity index (χ3n) is 5.03. The van der Waals surface area contributed by atoms with E-state index in [0.29, 0.717) is 5.25 Å². The quantitative estimate of drug-likeness (QED) is 0.908. The summed E-state index contributed by atoms with van der Waals surface area (Å²) in [5.74, 6) is 0.727. The molecule has 0 aliphatic heterocycles. The van der Waals surface area contributed by atoms with E-state index in [2.05, 4.69) is 25.1 Å². The van der Waals surface area contributed by atoms with Crippen molar-refractivity contribution in [2.75, 3.05) is 0 Å². The Morgan fingerprint density at radius 2 is 2.00 bits per heavy atom. The molecule has 2 nitrogen and oxygen atoms in total. The second-order valence-electron chi connectivity index (χ2n) is 6.52. The molecule has 0 saturated heterocycles. The van der Waals surface area contributed by atoms with Crippen LogP contribution in [0, 0.1) is 5.92 Å². The second-order valence-corrected chi connectivity index (χ2v) is 8.45. The summed E-state index contributed by atoms with van der Waals surface area (Å²) >= 11 is 0. The summed E-state index contributed by atoms with van der Waals surface area (Å²) in [5, 5.41) is 0.528. The van der Waals surface area contributed by atoms with Crippen molar-refractivity contribution in [2.24, 2.45) is 11.7 Å². The maximum atomic E-state index is 13.0. The van der Waals surface area contributed by atoms with Gasteiger partial charge in [-0.1, -0.05) is 44.0 Å². The van der Waals surface area contributed by atoms with E-state index in [4.69, 9.17) is 5.73 Å². The summed E-state index contributed by atoms with van der Waals surface area (Å²) in [4.78, 5) is 0. The summed E-state index contributed by atoms with van der Waals surface area (Å²) < 4.78 is 13.0. The predicted molar refractivity (Wildman–Crippen MR) is 85.0 cm³/mol. The summed E-state index contributed by atoms with van der Waals surface area (Å²) in [6.45, 7) is 2.29. The first-order chi connectivity index (χ1) is 9.66. The summed E-state index contributed by atoms with van der Waals surface area (Å²) in [6, 6.07) is 8.36. The maximum absolute atomic E-state index is 13.0. The molecule has 3 heteroatoms. The average molecular weight is 291 g/mol. The van der Waals surface area contributed by atoms with Gasteiger partial charge < -0.3 is 5.73 Å². The van der Waals surface area contributed by atoms with Gasteiger partial charge in [-0.15, -0.1) is 0 Å². The third kappa shape index (κ3) is 2.71. The van der Waals surface area contributed by atoms with E-state index in [9.17, 15) is 4.21 Å². The number of hydrogen-bond donors (Lipinski definition) is 1. The molecule has 2 N–H and O–H groups in total. The normalized spacial score (nSPS) is 35.3. The van der Waals surface area contributed by atoms with E-state index in [0.717, 1.165) is 31.6 Å². The Hall–Kier alpha value is -0.670. The molecule has 110 valence electrons. The number of fused-ring (bicyclic) bond motifs is 1. The van der Waals surface area contributed by atoms with Crippen LogP contribution < -0.4 is 5.73 Å². The van der Waals surface area contributed by atoms with Crippen LogP contribution >= 0.6 is 0 Å². The molecular formula is C17H25NOS. The van der Waals surface area contributed by atoms with Crippen LogP contribution in [0.3, 0.4) is 0 Å². The highest BCUT2D eigenvalue weighted by atomic mass is 32.2. The number of hydrogen-bond acceptors (Lipinski definition) is 2. The fourth-order valence-corrected chi connectivity index (χ4v) is 6.06. The standard InChI is InChI=1S/C17H25NOS/c1-12-5-4-7-14(11-12)20(19)16-10-9-13-6-2-3-8-15(13)17(16)18/h2-3,6,8,12,14,16-17H,4-5,7,9-11,18H2,1H3. The summed E-state index contributed by atoms with van der Waals surface area (Å²) in [7, 11) is -0.776. The van der Waals surface area contributed by atoms with Gasteiger partial charge in [-0.2, -0.15) is 0 Å². The molecule has 20 heavy (non-hydrogen) atoms. The van der Waals surface area contributed by atoms with Crippen LogP contribution in [0.4, 0.5) is 0 Å². The zero-order chi connectivity index (χ0) is 14.1. The van der Waals surface area contributed by atoms with Gasteiger partial charge in [-0.25, -0.2) is 0 Å². The fraction of sp³-hybridized carbons (Fsp3) is 0.647. The van der Waals surface area contributed by atoms with Crippen LogP contribution in [-0.4, -0.2) is 14.7 Å². The Bertz CT molecular complexity index is 502. The lowest BCUT2D eigenvalue weighted by Gasteiger charge is -2.35. The lowest BCUT2D eigenvalue weighted by atomic mass is 9.88. The lowest BCUT2D eigenvalue weighted by molar-refractivity contribution is 0.386. The average Bonchev–Trinajstić information content (AvgIpc) is 2.47. The first kappa shape index (κ1) is 14.3. The zero-order valence-corrected chi connectivity index (χ0v) is 13.1. The molecule has 2 aliphatic rings. The molecule has 1 aromatic rings. The molecule has 0 radical (unpaired) electrons. The van der Waals surface area contributed by atoms with Crippen molar-refractivity contribution in [3.8, 4) is 0 Å². The van der Waals surface area contributed by atoms with Gasteiger partial charge in [-0.05, 0) is 42.7 Å².